The highest BCUT2D eigenvalue weighted by Crippen LogP contribution is 2.35. The second-order valence-electron chi connectivity index (χ2n) is 5.41. The van der Waals surface area contributed by atoms with Crippen molar-refractivity contribution in [3.8, 4) is 5.75 Å². The zero-order valence-electron chi connectivity index (χ0n) is 12.3. The van der Waals surface area contributed by atoms with E-state index in [4.69, 9.17) is 22.1 Å². The molecule has 0 aromatic heterocycles. The summed E-state index contributed by atoms with van der Waals surface area (Å²) in [5, 5.41) is 0.752. The Balaban J connectivity index is 2.26. The first kappa shape index (κ1) is 15.6. The lowest BCUT2D eigenvalue weighted by Crippen LogP contribution is -2.36. The van der Waals surface area contributed by atoms with Crippen LogP contribution in [0.25, 0.3) is 0 Å². The van der Waals surface area contributed by atoms with E-state index in [-0.39, 0.29) is 6.04 Å². The van der Waals surface area contributed by atoms with Crippen LogP contribution in [0.1, 0.15) is 43.7 Å². The van der Waals surface area contributed by atoms with Crippen molar-refractivity contribution in [2.75, 3.05) is 26.7 Å². The Morgan fingerprint density at radius 3 is 2.45 bits per heavy atom. The van der Waals surface area contributed by atoms with Crippen LogP contribution in [-0.4, -0.2) is 31.6 Å². The highest BCUT2D eigenvalue weighted by Gasteiger charge is 2.24. The van der Waals surface area contributed by atoms with Crippen LogP contribution < -0.4 is 10.5 Å². The molecule has 0 spiro atoms. The lowest BCUT2D eigenvalue weighted by Gasteiger charge is -2.33. The monoisotopic (exact) mass is 296 g/mol. The first-order valence-electron chi connectivity index (χ1n) is 7.54. The topological polar surface area (TPSA) is 38.5 Å². The summed E-state index contributed by atoms with van der Waals surface area (Å²) in [7, 11) is 1.69. The van der Waals surface area contributed by atoms with Crippen molar-refractivity contribution < 1.29 is 4.74 Å². The van der Waals surface area contributed by atoms with Gasteiger partial charge in [-0.3, -0.25) is 4.90 Å². The lowest BCUT2D eigenvalue weighted by molar-refractivity contribution is 0.181. The zero-order chi connectivity index (χ0) is 14.4. The van der Waals surface area contributed by atoms with Crippen LogP contribution in [-0.2, 0) is 0 Å². The van der Waals surface area contributed by atoms with Crippen LogP contribution in [0.4, 0.5) is 0 Å². The normalized spacial score (nSPS) is 19.1. The molecule has 1 aromatic rings. The fourth-order valence-electron chi connectivity index (χ4n) is 3.05. The molecule has 20 heavy (non-hydrogen) atoms. The molecule has 1 aliphatic heterocycles. The third kappa shape index (κ3) is 3.66. The van der Waals surface area contributed by atoms with Gasteiger partial charge < -0.3 is 10.5 Å². The van der Waals surface area contributed by atoms with E-state index in [2.05, 4.69) is 4.90 Å². The molecule has 2 rings (SSSR count). The maximum Gasteiger partial charge on any atom is 0.125 e. The van der Waals surface area contributed by atoms with E-state index in [1.807, 2.05) is 18.2 Å². The van der Waals surface area contributed by atoms with Crippen molar-refractivity contribution >= 4 is 11.6 Å². The highest BCUT2D eigenvalue weighted by atomic mass is 35.5. The second-order valence-corrected chi connectivity index (χ2v) is 5.82. The molecule has 2 N–H and O–H groups in total. The first-order chi connectivity index (χ1) is 9.77. The maximum atomic E-state index is 6.41. The molecule has 0 aliphatic carbocycles. The molecule has 1 aromatic carbocycles. The molecule has 3 nitrogen and oxygen atoms in total. The summed E-state index contributed by atoms with van der Waals surface area (Å²) in [6, 6.07) is 5.96. The molecular weight excluding hydrogens is 272 g/mol. The van der Waals surface area contributed by atoms with Crippen molar-refractivity contribution in [2.45, 2.75) is 38.1 Å². The van der Waals surface area contributed by atoms with Crippen LogP contribution >= 0.6 is 11.6 Å². The van der Waals surface area contributed by atoms with E-state index >= 15 is 0 Å². The molecule has 1 unspecified atom stereocenters. The van der Waals surface area contributed by atoms with Gasteiger partial charge in [0.05, 0.1) is 13.2 Å². The van der Waals surface area contributed by atoms with Gasteiger partial charge in [-0.1, -0.05) is 36.9 Å². The number of hydrogen-bond acceptors (Lipinski definition) is 3. The summed E-state index contributed by atoms with van der Waals surface area (Å²) in [6.07, 6.45) is 6.46. The molecule has 1 fully saturated rings. The van der Waals surface area contributed by atoms with Gasteiger partial charge in [-0.25, -0.2) is 0 Å². The standard InChI is InChI=1S/C16H25ClN2O/c1-20-15-9-7-8-13(17)16(15)14(12-18)19-10-5-3-2-4-6-11-19/h7-9,14H,2-6,10-12,18H2,1H3. The van der Waals surface area contributed by atoms with Gasteiger partial charge in [-0.15, -0.1) is 0 Å². The van der Waals surface area contributed by atoms with Gasteiger partial charge in [0.15, 0.2) is 0 Å². The summed E-state index contributed by atoms with van der Waals surface area (Å²) < 4.78 is 5.49. The average molecular weight is 297 g/mol. The Hall–Kier alpha value is -0.770. The number of halogens is 1. The van der Waals surface area contributed by atoms with Gasteiger partial charge in [0, 0.05) is 17.1 Å². The number of methoxy groups -OCH3 is 1. The number of rotatable bonds is 4. The molecule has 4 heteroatoms. The van der Waals surface area contributed by atoms with Crippen molar-refractivity contribution in [1.82, 2.24) is 4.90 Å². The van der Waals surface area contributed by atoms with Gasteiger partial charge in [0.2, 0.25) is 0 Å². The molecule has 1 atom stereocenters. The predicted octanol–water partition coefficient (Wildman–Crippen LogP) is 3.61. The molecule has 0 bridgehead atoms. The predicted molar refractivity (Wildman–Crippen MR) is 84.5 cm³/mol. The second kappa shape index (κ2) is 7.87. The van der Waals surface area contributed by atoms with E-state index in [0.717, 1.165) is 29.4 Å². The third-order valence-electron chi connectivity index (χ3n) is 4.12. The summed E-state index contributed by atoms with van der Waals surface area (Å²) in [5.41, 5.74) is 7.10. The van der Waals surface area contributed by atoms with E-state index in [9.17, 15) is 0 Å². The first-order valence-corrected chi connectivity index (χ1v) is 7.92. The third-order valence-corrected chi connectivity index (χ3v) is 4.45. The molecular formula is C16H25ClN2O. The Bertz CT molecular complexity index is 417. The van der Waals surface area contributed by atoms with Crippen molar-refractivity contribution in [3.63, 3.8) is 0 Å². The molecule has 112 valence electrons. The lowest BCUT2D eigenvalue weighted by atomic mass is 10.0. The largest absolute Gasteiger partial charge is 0.496 e. The van der Waals surface area contributed by atoms with E-state index in [1.54, 1.807) is 7.11 Å². The van der Waals surface area contributed by atoms with Gasteiger partial charge in [-0.05, 0) is 38.1 Å². The van der Waals surface area contributed by atoms with Crippen LogP contribution in [0.5, 0.6) is 5.75 Å². The smallest absolute Gasteiger partial charge is 0.125 e. The molecule has 1 heterocycles. The molecule has 0 saturated carbocycles. The highest BCUT2D eigenvalue weighted by molar-refractivity contribution is 6.31. The Kier molecular flexibility index (Phi) is 6.14. The quantitative estimate of drug-likeness (QED) is 0.922. The number of benzene rings is 1. The van der Waals surface area contributed by atoms with E-state index in [0.29, 0.717) is 6.54 Å². The number of likely N-dealkylation sites (tertiary alicyclic amines) is 1. The SMILES string of the molecule is COc1cccc(Cl)c1C(CN)N1CCCCCCC1. The average Bonchev–Trinajstić information content (AvgIpc) is 2.42. The molecule has 0 radical (unpaired) electrons. The Morgan fingerprint density at radius 1 is 1.20 bits per heavy atom. The van der Waals surface area contributed by atoms with Gasteiger partial charge in [0.1, 0.15) is 5.75 Å². The Labute approximate surface area is 127 Å². The molecule has 0 amide bonds. The number of hydrogen-bond donors (Lipinski definition) is 1. The molecule has 1 aliphatic rings. The fourth-order valence-corrected chi connectivity index (χ4v) is 3.34. The summed E-state index contributed by atoms with van der Waals surface area (Å²) in [5.74, 6) is 0.843. The number of ether oxygens (including phenoxy) is 1. The number of nitrogens with two attached hydrogens (primary N) is 1. The van der Waals surface area contributed by atoms with Gasteiger partial charge in [-0.2, -0.15) is 0 Å². The van der Waals surface area contributed by atoms with Crippen LogP contribution in [0, 0.1) is 0 Å². The van der Waals surface area contributed by atoms with E-state index in [1.165, 1.54) is 32.1 Å². The number of nitrogens with zero attached hydrogens (tertiary/aromatic N) is 1. The van der Waals surface area contributed by atoms with Gasteiger partial charge >= 0.3 is 0 Å². The summed E-state index contributed by atoms with van der Waals surface area (Å²) in [4.78, 5) is 2.48. The Morgan fingerprint density at radius 2 is 1.85 bits per heavy atom. The maximum absolute atomic E-state index is 6.41. The van der Waals surface area contributed by atoms with Crippen molar-refractivity contribution in [3.05, 3.63) is 28.8 Å². The van der Waals surface area contributed by atoms with Crippen LogP contribution in [0.2, 0.25) is 5.02 Å². The minimum Gasteiger partial charge on any atom is -0.496 e. The molecule has 1 saturated heterocycles. The van der Waals surface area contributed by atoms with Crippen molar-refractivity contribution in [2.24, 2.45) is 5.73 Å². The van der Waals surface area contributed by atoms with Crippen LogP contribution in [0.3, 0.4) is 0 Å². The summed E-state index contributed by atoms with van der Waals surface area (Å²) in [6.45, 7) is 2.76. The zero-order valence-corrected chi connectivity index (χ0v) is 13.0. The summed E-state index contributed by atoms with van der Waals surface area (Å²) >= 11 is 6.41. The van der Waals surface area contributed by atoms with Crippen LogP contribution in [0.15, 0.2) is 18.2 Å². The fraction of sp³-hybridized carbons (Fsp3) is 0.625. The van der Waals surface area contributed by atoms with Gasteiger partial charge in [0.25, 0.3) is 0 Å². The minimum atomic E-state index is 0.150. The van der Waals surface area contributed by atoms with Crippen molar-refractivity contribution in [1.29, 1.82) is 0 Å². The minimum absolute atomic E-state index is 0.150. The van der Waals surface area contributed by atoms with E-state index < -0.39 is 0 Å².